The number of nitrogens with zero attached hydrogens (tertiary/aromatic N) is 2. The molecule has 0 radical (unpaired) electrons. The molecule has 0 saturated heterocycles. The number of likely N-dealkylation sites (N-methyl/N-ethyl adjacent to an activating group) is 1. The summed E-state index contributed by atoms with van der Waals surface area (Å²) in [5.41, 5.74) is 1.76. The minimum Gasteiger partial charge on any atom is -0.394 e. The Balaban J connectivity index is 2.34. The molecule has 1 aromatic heterocycles. The summed E-state index contributed by atoms with van der Waals surface area (Å²) >= 11 is 0. The Morgan fingerprint density at radius 1 is 1.44 bits per heavy atom. The zero-order valence-corrected chi connectivity index (χ0v) is 9.64. The van der Waals surface area contributed by atoms with Gasteiger partial charge in [0.05, 0.1) is 29.5 Å². The fourth-order valence-corrected chi connectivity index (χ4v) is 1.72. The Morgan fingerprint density at radius 3 is 2.88 bits per heavy atom. The predicted molar refractivity (Wildman–Crippen MR) is 64.3 cm³/mol. The Morgan fingerprint density at radius 2 is 2.19 bits per heavy atom. The Kier molecular flexibility index (Phi) is 2.94. The number of imidazole rings is 1. The number of nitrogens with one attached hydrogen (secondary N) is 1. The molecule has 1 heterocycles. The highest BCUT2D eigenvalue weighted by Gasteiger charge is 2.21. The van der Waals surface area contributed by atoms with Gasteiger partial charge in [-0.2, -0.15) is 0 Å². The highest BCUT2D eigenvalue weighted by atomic mass is 16.3. The maximum Gasteiger partial charge on any atom is 0.0958 e. The van der Waals surface area contributed by atoms with Crippen LogP contribution < -0.4 is 5.32 Å². The predicted octanol–water partition coefficient (Wildman–Crippen LogP) is 1.01. The number of aromatic nitrogens is 2. The number of rotatable bonds is 4. The minimum atomic E-state index is -0.316. The molecular formula is C12H17N3O. The van der Waals surface area contributed by atoms with Crippen LogP contribution in [0, 0.1) is 0 Å². The van der Waals surface area contributed by atoms with Gasteiger partial charge in [0, 0.05) is 6.54 Å². The topological polar surface area (TPSA) is 50.1 Å². The second-order valence-electron chi connectivity index (χ2n) is 4.33. The van der Waals surface area contributed by atoms with E-state index in [0.717, 1.165) is 11.0 Å². The summed E-state index contributed by atoms with van der Waals surface area (Å²) < 4.78 is 2.06. The molecule has 2 aromatic rings. The molecule has 2 N–H and O–H groups in total. The van der Waals surface area contributed by atoms with Crippen LogP contribution in [0.5, 0.6) is 0 Å². The molecule has 0 aliphatic rings. The first kappa shape index (κ1) is 11.1. The first-order valence-corrected chi connectivity index (χ1v) is 5.38. The van der Waals surface area contributed by atoms with E-state index in [1.807, 2.05) is 44.6 Å². The number of fused-ring (bicyclic) bond motifs is 1. The van der Waals surface area contributed by atoms with Crippen molar-refractivity contribution in [1.82, 2.24) is 14.9 Å². The first-order valence-electron chi connectivity index (χ1n) is 5.38. The van der Waals surface area contributed by atoms with Crippen molar-refractivity contribution in [1.29, 1.82) is 0 Å². The number of hydrogen-bond acceptors (Lipinski definition) is 3. The van der Waals surface area contributed by atoms with Crippen molar-refractivity contribution in [3.05, 3.63) is 30.6 Å². The molecular weight excluding hydrogens is 202 g/mol. The van der Waals surface area contributed by atoms with Gasteiger partial charge in [-0.1, -0.05) is 12.1 Å². The largest absolute Gasteiger partial charge is 0.394 e. The van der Waals surface area contributed by atoms with Gasteiger partial charge in [-0.25, -0.2) is 4.98 Å². The van der Waals surface area contributed by atoms with E-state index in [-0.39, 0.29) is 12.1 Å². The summed E-state index contributed by atoms with van der Waals surface area (Å²) in [7, 11) is 1.86. The third-order valence-corrected chi connectivity index (χ3v) is 3.00. The van der Waals surface area contributed by atoms with Crippen LogP contribution in [0.2, 0.25) is 0 Å². The lowest BCUT2D eigenvalue weighted by Crippen LogP contribution is -2.46. The second-order valence-corrected chi connectivity index (χ2v) is 4.33. The van der Waals surface area contributed by atoms with Crippen molar-refractivity contribution in [3.8, 4) is 0 Å². The van der Waals surface area contributed by atoms with Crippen molar-refractivity contribution in [2.45, 2.75) is 19.0 Å². The van der Waals surface area contributed by atoms with Gasteiger partial charge in [0.2, 0.25) is 0 Å². The van der Waals surface area contributed by atoms with Crippen molar-refractivity contribution < 1.29 is 5.11 Å². The van der Waals surface area contributed by atoms with E-state index in [4.69, 9.17) is 0 Å². The fourth-order valence-electron chi connectivity index (χ4n) is 1.72. The molecule has 2 rings (SSSR count). The molecule has 4 heteroatoms. The van der Waals surface area contributed by atoms with Crippen LogP contribution in [0.25, 0.3) is 11.0 Å². The third kappa shape index (κ3) is 1.94. The van der Waals surface area contributed by atoms with Gasteiger partial charge in [-0.3, -0.25) is 0 Å². The Labute approximate surface area is 94.9 Å². The lowest BCUT2D eigenvalue weighted by Gasteiger charge is -2.27. The number of para-hydroxylation sites is 2. The molecule has 1 aromatic carbocycles. The summed E-state index contributed by atoms with van der Waals surface area (Å²) in [6.45, 7) is 2.78. The van der Waals surface area contributed by atoms with Crippen molar-refractivity contribution >= 4 is 11.0 Å². The van der Waals surface area contributed by atoms with E-state index in [2.05, 4.69) is 14.9 Å². The van der Waals surface area contributed by atoms with E-state index in [0.29, 0.717) is 6.54 Å². The molecule has 0 aliphatic carbocycles. The molecule has 16 heavy (non-hydrogen) atoms. The van der Waals surface area contributed by atoms with Crippen LogP contribution in [-0.4, -0.2) is 33.9 Å². The lowest BCUT2D eigenvalue weighted by molar-refractivity contribution is 0.166. The van der Waals surface area contributed by atoms with Gasteiger partial charge in [0.1, 0.15) is 0 Å². The van der Waals surface area contributed by atoms with Crippen molar-refractivity contribution in [2.24, 2.45) is 0 Å². The van der Waals surface area contributed by atoms with Gasteiger partial charge in [-0.15, -0.1) is 0 Å². The maximum atomic E-state index is 9.36. The normalized spacial score (nSPS) is 15.2. The lowest BCUT2D eigenvalue weighted by atomic mass is 10.0. The fraction of sp³-hybridized carbons (Fsp3) is 0.417. The van der Waals surface area contributed by atoms with Crippen LogP contribution >= 0.6 is 0 Å². The summed E-state index contributed by atoms with van der Waals surface area (Å²) in [5.74, 6) is 0. The number of aliphatic hydroxyl groups is 1. The number of hydrogen-bond donors (Lipinski definition) is 2. The maximum absolute atomic E-state index is 9.36. The standard InChI is InChI=1S/C12H17N3O/c1-12(8-16,13-2)7-15-9-14-10-5-3-4-6-11(10)15/h3-6,9,13,16H,7-8H2,1-2H3. The van der Waals surface area contributed by atoms with E-state index in [1.165, 1.54) is 0 Å². The average molecular weight is 219 g/mol. The molecule has 1 atom stereocenters. The summed E-state index contributed by atoms with van der Waals surface area (Å²) in [6, 6.07) is 8.00. The van der Waals surface area contributed by atoms with E-state index < -0.39 is 0 Å². The molecule has 1 unspecified atom stereocenters. The Hall–Kier alpha value is -1.39. The Bertz CT molecular complexity index is 474. The summed E-state index contributed by atoms with van der Waals surface area (Å²) in [6.07, 6.45) is 1.82. The zero-order valence-electron chi connectivity index (χ0n) is 9.64. The average Bonchev–Trinajstić information content (AvgIpc) is 2.73. The quantitative estimate of drug-likeness (QED) is 0.806. The van der Waals surface area contributed by atoms with Gasteiger partial charge in [0.15, 0.2) is 0 Å². The summed E-state index contributed by atoms with van der Waals surface area (Å²) in [5, 5.41) is 12.5. The van der Waals surface area contributed by atoms with E-state index in [9.17, 15) is 5.11 Å². The minimum absolute atomic E-state index is 0.0933. The highest BCUT2D eigenvalue weighted by molar-refractivity contribution is 5.74. The molecule has 0 fully saturated rings. The molecule has 0 amide bonds. The van der Waals surface area contributed by atoms with Crippen LogP contribution in [-0.2, 0) is 6.54 Å². The zero-order chi connectivity index (χ0) is 11.6. The molecule has 4 nitrogen and oxygen atoms in total. The van der Waals surface area contributed by atoms with E-state index >= 15 is 0 Å². The van der Waals surface area contributed by atoms with E-state index in [1.54, 1.807) is 0 Å². The monoisotopic (exact) mass is 219 g/mol. The smallest absolute Gasteiger partial charge is 0.0958 e. The van der Waals surface area contributed by atoms with Gasteiger partial charge in [-0.05, 0) is 26.1 Å². The molecule has 0 spiro atoms. The van der Waals surface area contributed by atoms with Gasteiger partial charge < -0.3 is 15.0 Å². The third-order valence-electron chi connectivity index (χ3n) is 3.00. The molecule has 0 saturated carbocycles. The highest BCUT2D eigenvalue weighted by Crippen LogP contribution is 2.15. The number of benzene rings is 1. The number of aliphatic hydroxyl groups excluding tert-OH is 1. The first-order chi connectivity index (χ1) is 7.68. The molecule has 86 valence electrons. The van der Waals surface area contributed by atoms with Crippen LogP contribution in [0.1, 0.15) is 6.92 Å². The van der Waals surface area contributed by atoms with Crippen LogP contribution in [0.3, 0.4) is 0 Å². The molecule has 0 bridgehead atoms. The van der Waals surface area contributed by atoms with Crippen LogP contribution in [0.4, 0.5) is 0 Å². The van der Waals surface area contributed by atoms with Crippen molar-refractivity contribution in [3.63, 3.8) is 0 Å². The van der Waals surface area contributed by atoms with Gasteiger partial charge >= 0.3 is 0 Å². The summed E-state index contributed by atoms with van der Waals surface area (Å²) in [4.78, 5) is 4.32. The SMILES string of the molecule is CNC(C)(CO)Cn1cnc2ccccc21. The van der Waals surface area contributed by atoms with Crippen LogP contribution in [0.15, 0.2) is 30.6 Å². The second kappa shape index (κ2) is 4.23. The molecule has 0 aliphatic heterocycles. The van der Waals surface area contributed by atoms with Crippen molar-refractivity contribution in [2.75, 3.05) is 13.7 Å². The van der Waals surface area contributed by atoms with Gasteiger partial charge in [0.25, 0.3) is 0 Å².